The Labute approximate surface area is 735 Å². The van der Waals surface area contributed by atoms with E-state index in [-0.39, 0.29) is 49.5 Å². The summed E-state index contributed by atoms with van der Waals surface area (Å²) in [7, 11) is 0. The summed E-state index contributed by atoms with van der Waals surface area (Å²) in [5, 5.41) is 242. The number of esters is 2. The Morgan fingerprint density at radius 3 is 1.59 bits per heavy atom. The van der Waals surface area contributed by atoms with Crippen molar-refractivity contribution in [3.63, 3.8) is 0 Å². The molecule has 5 aliphatic carbocycles. The number of aliphatic hydroxyl groups excluding tert-OH is 22. The fraction of sp³-hybridized carbons (Fsp3) is 0.907. The molecule has 4 saturated carbocycles. The van der Waals surface area contributed by atoms with Gasteiger partial charge in [-0.25, -0.2) is 4.79 Å². The van der Waals surface area contributed by atoms with Crippen molar-refractivity contribution in [2.45, 2.75) is 405 Å². The summed E-state index contributed by atoms with van der Waals surface area (Å²) in [6.45, 7) is 22.7. The molecule has 41 heteroatoms. The van der Waals surface area contributed by atoms with Crippen LogP contribution in [0.4, 0.5) is 0 Å². The zero-order valence-electron chi connectivity index (χ0n) is 73.7. The number of ether oxygens (including phenoxy) is 17. The minimum Gasteiger partial charge on any atom is -0.458 e. The monoisotopic (exact) mass is 1830 g/mol. The molecule has 0 bridgehead atoms. The van der Waals surface area contributed by atoms with Crippen LogP contribution in [0.3, 0.4) is 0 Å². The third-order valence-corrected chi connectivity index (χ3v) is 31.4. The molecule has 0 aromatic carbocycles. The third-order valence-electron chi connectivity index (χ3n) is 31.4. The molecule has 48 atom stereocenters. The van der Waals surface area contributed by atoms with Gasteiger partial charge in [-0.05, 0) is 138 Å². The molecule has 13 rings (SSSR count). The van der Waals surface area contributed by atoms with Crippen molar-refractivity contribution < 1.29 is 202 Å². The van der Waals surface area contributed by atoms with Crippen LogP contribution in [0.2, 0.25) is 0 Å². The predicted octanol–water partition coefficient (Wildman–Crippen LogP) is -5.19. The number of hydrogen-bond acceptors (Lipinski definition) is 41. The summed E-state index contributed by atoms with van der Waals surface area (Å²) in [5.41, 5.74) is -5.01. The highest BCUT2D eigenvalue weighted by Gasteiger charge is 2.72. The molecule has 127 heavy (non-hydrogen) atoms. The fourth-order valence-electron chi connectivity index (χ4n) is 22.9. The van der Waals surface area contributed by atoms with Crippen molar-refractivity contribution in [1.29, 1.82) is 0 Å². The van der Waals surface area contributed by atoms with Crippen molar-refractivity contribution in [3.05, 3.63) is 36.0 Å². The van der Waals surface area contributed by atoms with Crippen molar-refractivity contribution >= 4 is 11.9 Å². The highest BCUT2D eigenvalue weighted by Crippen LogP contribution is 2.76. The van der Waals surface area contributed by atoms with Crippen molar-refractivity contribution in [2.24, 2.45) is 50.2 Å². The van der Waals surface area contributed by atoms with E-state index in [2.05, 4.69) is 47.3 Å². The maximum absolute atomic E-state index is 16.6. The maximum Gasteiger partial charge on any atom is 0.333 e. The molecule has 41 nitrogen and oxygen atoms in total. The van der Waals surface area contributed by atoms with Crippen LogP contribution in [0, 0.1) is 50.2 Å². The van der Waals surface area contributed by atoms with Gasteiger partial charge in [0.05, 0.1) is 68.5 Å². The first kappa shape index (κ1) is 101. The Bertz CT molecular complexity index is 3790. The second-order valence-electron chi connectivity index (χ2n) is 39.9. The van der Waals surface area contributed by atoms with Crippen LogP contribution >= 0.6 is 0 Å². The smallest absolute Gasteiger partial charge is 0.333 e. The van der Waals surface area contributed by atoms with Gasteiger partial charge < -0.3 is 193 Å². The Morgan fingerprint density at radius 2 is 0.969 bits per heavy atom. The van der Waals surface area contributed by atoms with Gasteiger partial charge in [-0.15, -0.1) is 6.58 Å². The summed E-state index contributed by atoms with van der Waals surface area (Å²) in [6, 6.07) is 0. The number of allylic oxidation sites excluding steroid dienone is 3. The van der Waals surface area contributed by atoms with Gasteiger partial charge in [0, 0.05) is 17.4 Å². The van der Waals surface area contributed by atoms with Crippen molar-refractivity contribution in [3.8, 4) is 0 Å². The molecular weight excluding hydrogens is 1690 g/mol. The fourth-order valence-corrected chi connectivity index (χ4v) is 22.9. The SMILES string of the molecule is C=C[C@](C)(CC/C=C(\C)C(=O)O[C@H]1C[C@]2(C(=O)O[C@@H]3O[C@H](CO)[C@@H](O)[C@H](O)[C@H]3O[C@@H]3O[C@@H](C)[C@H](O[C@@H]4O[C@@H](CO)[C@H](O)[C@H]4O)[C@@H](O[C@@H]4O[C@H](CO)[C@@H](O)[C@H](O)[C@H]4O)[C@H]3O)CC[C@]3(C)C(=CC[C@@H]4[C@@]5(C)CC[C@H](O[C@@H]6O[C@H](CO[C@@H]7O[C@H](C)[C@H](O)[C@H](O)[C@H]7O[C@@H]7OC[C@@H](O)[C@H](O)[C@H]7O)[C@@H](O)[C@H](O)[C@H]6O)C(C)(C)C5CC[C@]43C)[C@@H]2CC1(C)C)O[C@@H]1O[C@H](C)[C@@H](O)[C@H](O)[C@H]1O. The molecule has 0 spiro atoms. The number of hydrogen-bond donors (Lipinski definition) is 22. The normalized spacial score (nSPS) is 51.7. The lowest BCUT2D eigenvalue weighted by Crippen LogP contribution is -2.67. The molecule has 0 radical (unpaired) electrons. The molecule has 13 aliphatic rings. The van der Waals surface area contributed by atoms with Crippen LogP contribution < -0.4 is 0 Å². The van der Waals surface area contributed by atoms with Crippen LogP contribution in [0.25, 0.3) is 0 Å². The van der Waals surface area contributed by atoms with E-state index in [9.17, 15) is 117 Å². The number of aliphatic hydroxyl groups is 22. The van der Waals surface area contributed by atoms with Crippen LogP contribution in [0.5, 0.6) is 0 Å². The Kier molecular flexibility index (Phi) is 31.1. The topological polar surface area (TPSA) is 636 Å². The maximum atomic E-state index is 16.6. The highest BCUT2D eigenvalue weighted by molar-refractivity contribution is 5.88. The Balaban J connectivity index is 0.774. The van der Waals surface area contributed by atoms with Crippen LogP contribution in [-0.2, 0) is 90.1 Å². The van der Waals surface area contributed by atoms with Gasteiger partial charge in [0.15, 0.2) is 50.1 Å². The van der Waals surface area contributed by atoms with Crippen LogP contribution in [-0.4, -0.2) is 409 Å². The second kappa shape index (κ2) is 39.0. The number of carbonyl (C=O) groups excluding carboxylic acids is 2. The first-order chi connectivity index (χ1) is 59.5. The summed E-state index contributed by atoms with van der Waals surface area (Å²) in [4.78, 5) is 31.5. The van der Waals surface area contributed by atoms with E-state index in [1.54, 1.807) is 19.9 Å². The lowest BCUT2D eigenvalue weighted by atomic mass is 9.33. The predicted molar refractivity (Wildman–Crippen MR) is 426 cm³/mol. The van der Waals surface area contributed by atoms with E-state index < -0.39 is 335 Å². The van der Waals surface area contributed by atoms with E-state index >= 15 is 4.79 Å². The van der Waals surface area contributed by atoms with E-state index in [0.717, 1.165) is 5.57 Å². The van der Waals surface area contributed by atoms with E-state index in [1.165, 1.54) is 26.8 Å². The van der Waals surface area contributed by atoms with Gasteiger partial charge in [0.1, 0.15) is 165 Å². The standard InChI is InChI=1S/C86H138O41/c1-14-82(10,127-76-64(107)55(98)48(91)34(3)113-76)21-15-16-33(2)70(109)120-47-27-86(79(110)126-78-69(59(102)52(95)41(29-88)118-78)125-75-65(108)67(123-74-63(106)56(99)51(94)40(28-87)116-74)66(36(5)115-75)122-73-61(104)53(96)42(30-89)117-73)25-24-84(12)37(38(86)26-80(47,6)7)17-18-45-83(11)22-20-46(81(8,9)44(83)19-23-85(45,84)13)121-72-62(105)57(100)54(97)43(119-72)32-112-77-68(58(101)49(92)35(4)114-77)124-71-60(103)50(93)39(90)31-111-71/h14,16-17,34-36,38-69,71-78,87-108H,1,15,18-32H2,2-13H3/b33-16+/t34-,35-,36+,38+,39-,40-,41-,42+,43-,44?,45-,46+,47+,48-,49+,50+,51-,52-,53+,54-,55+,56+,57+,58+,59+,60-,61-,62-,63-,64-,65-,66+,67+,68-,69-,71+,72+,73+,74+,75+,76+,77-,78+,82-,83+,84-,85-,86-/m1/s1. The van der Waals surface area contributed by atoms with Gasteiger partial charge in [0.2, 0.25) is 6.29 Å². The third kappa shape index (κ3) is 18.8. The quantitative estimate of drug-likeness (QED) is 0.0167. The highest BCUT2D eigenvalue weighted by atomic mass is 16.8. The molecule has 0 aromatic heterocycles. The second-order valence-corrected chi connectivity index (χ2v) is 39.9. The van der Waals surface area contributed by atoms with E-state index in [4.69, 9.17) is 80.5 Å². The molecule has 8 heterocycles. The molecule has 8 aliphatic heterocycles. The summed E-state index contributed by atoms with van der Waals surface area (Å²) in [6.07, 6.45) is -57.3. The van der Waals surface area contributed by atoms with Crippen molar-refractivity contribution in [1.82, 2.24) is 0 Å². The summed E-state index contributed by atoms with van der Waals surface area (Å²) >= 11 is 0. The van der Waals surface area contributed by atoms with Gasteiger partial charge in [-0.1, -0.05) is 72.3 Å². The number of carbonyl (C=O) groups is 2. The molecule has 728 valence electrons. The Hall–Kier alpha value is -3.32. The summed E-state index contributed by atoms with van der Waals surface area (Å²) < 4.78 is 104. The van der Waals surface area contributed by atoms with Crippen LogP contribution in [0.15, 0.2) is 36.0 Å². The molecule has 0 aromatic rings. The van der Waals surface area contributed by atoms with Gasteiger partial charge in [-0.3, -0.25) is 4.79 Å². The van der Waals surface area contributed by atoms with E-state index in [0.29, 0.717) is 38.5 Å². The molecule has 8 saturated heterocycles. The minimum absolute atomic E-state index is 0.0344. The molecule has 22 N–H and O–H groups in total. The zero-order chi connectivity index (χ0) is 93.1. The lowest BCUT2D eigenvalue weighted by molar-refractivity contribution is -0.390. The molecule has 0 amide bonds. The average Bonchev–Trinajstić information content (AvgIpc) is 0.932. The first-order valence-electron chi connectivity index (χ1n) is 44.5. The van der Waals surface area contributed by atoms with Crippen molar-refractivity contribution in [2.75, 3.05) is 33.0 Å². The van der Waals surface area contributed by atoms with Gasteiger partial charge >= 0.3 is 11.9 Å². The number of rotatable bonds is 26. The molecule has 12 fully saturated rings. The first-order valence-corrected chi connectivity index (χ1v) is 44.5. The number of fused-ring (bicyclic) bond motifs is 7. The van der Waals surface area contributed by atoms with E-state index in [1.807, 2.05) is 13.8 Å². The van der Waals surface area contributed by atoms with Gasteiger partial charge in [0.25, 0.3) is 0 Å². The lowest BCUT2D eigenvalue weighted by Gasteiger charge is -2.71. The molecular formula is C86H138O41. The van der Waals surface area contributed by atoms with Crippen LogP contribution in [0.1, 0.15) is 154 Å². The largest absolute Gasteiger partial charge is 0.458 e. The zero-order valence-corrected chi connectivity index (χ0v) is 73.7. The van der Waals surface area contributed by atoms with Gasteiger partial charge in [-0.2, -0.15) is 0 Å². The minimum atomic E-state index is -2.21. The average molecular weight is 1830 g/mol. The Morgan fingerprint density at radius 1 is 0.480 bits per heavy atom. The molecule has 1 unspecified atom stereocenters. The summed E-state index contributed by atoms with van der Waals surface area (Å²) in [5.74, 6) is -2.50.